The molecule has 1 aromatic carbocycles. The lowest BCUT2D eigenvalue weighted by Gasteiger charge is -2.06. The van der Waals surface area contributed by atoms with E-state index in [1.54, 1.807) is 23.5 Å². The van der Waals surface area contributed by atoms with Gasteiger partial charge < -0.3 is 15.7 Å². The number of aromatic nitrogens is 1. The van der Waals surface area contributed by atoms with Crippen LogP contribution >= 0.6 is 11.3 Å². The van der Waals surface area contributed by atoms with Gasteiger partial charge in [0, 0.05) is 17.6 Å². The molecule has 1 heterocycles. The number of carboxylic acids is 1. The number of carbonyl (C=O) groups is 2. The third-order valence-electron chi connectivity index (χ3n) is 3.00. The lowest BCUT2D eigenvalue weighted by Crippen LogP contribution is -2.34. The molecule has 2 rings (SSSR count). The van der Waals surface area contributed by atoms with Crippen molar-refractivity contribution in [2.75, 3.05) is 0 Å². The number of carboxylic acid groups (broad SMARTS) is 1. The quantitative estimate of drug-likeness (QED) is 0.762. The maximum Gasteiger partial charge on any atom is 0.335 e. The number of carbonyl (C=O) groups excluding carboxylic acids is 1. The Labute approximate surface area is 132 Å². The van der Waals surface area contributed by atoms with Crippen LogP contribution in [0.4, 0.5) is 4.79 Å². The van der Waals surface area contributed by atoms with Gasteiger partial charge in [0.25, 0.3) is 0 Å². The molecule has 0 aliphatic rings. The Bertz CT molecular complexity index is 652. The second kappa shape index (κ2) is 7.56. The minimum Gasteiger partial charge on any atom is -0.478 e. The van der Waals surface area contributed by atoms with Crippen molar-refractivity contribution in [3.63, 3.8) is 0 Å². The summed E-state index contributed by atoms with van der Waals surface area (Å²) in [5, 5.41) is 15.1. The average molecular weight is 319 g/mol. The lowest BCUT2D eigenvalue weighted by molar-refractivity contribution is 0.0697. The molecule has 0 saturated heterocycles. The second-order valence-electron chi connectivity index (χ2n) is 4.61. The third-order valence-corrected chi connectivity index (χ3v) is 4.15. The summed E-state index contributed by atoms with van der Waals surface area (Å²) in [5.74, 6) is -0.966. The Hall–Kier alpha value is -2.41. The molecular formula is C15H17N3O3S. The average Bonchev–Trinajstić information content (AvgIpc) is 2.99. The Morgan fingerprint density at radius 2 is 1.86 bits per heavy atom. The van der Waals surface area contributed by atoms with Gasteiger partial charge >= 0.3 is 12.0 Å². The van der Waals surface area contributed by atoms with Crippen molar-refractivity contribution >= 4 is 23.3 Å². The normalized spacial score (nSPS) is 10.2. The van der Waals surface area contributed by atoms with Crippen LogP contribution in [-0.4, -0.2) is 22.1 Å². The molecule has 0 aliphatic carbocycles. The van der Waals surface area contributed by atoms with E-state index >= 15 is 0 Å². The van der Waals surface area contributed by atoms with Gasteiger partial charge in [0.15, 0.2) is 0 Å². The number of hydrogen-bond donors (Lipinski definition) is 3. The highest BCUT2D eigenvalue weighted by Crippen LogP contribution is 2.12. The number of rotatable bonds is 6. The number of hydrogen-bond acceptors (Lipinski definition) is 4. The van der Waals surface area contributed by atoms with Gasteiger partial charge in [-0.05, 0) is 24.1 Å². The van der Waals surface area contributed by atoms with E-state index in [0.717, 1.165) is 17.0 Å². The molecule has 0 saturated carbocycles. The van der Waals surface area contributed by atoms with Crippen LogP contribution in [0.3, 0.4) is 0 Å². The Kier molecular flexibility index (Phi) is 5.48. The molecule has 0 aliphatic heterocycles. The summed E-state index contributed by atoms with van der Waals surface area (Å²) in [5.41, 5.74) is 1.06. The highest BCUT2D eigenvalue weighted by Gasteiger charge is 2.05. The van der Waals surface area contributed by atoms with Crippen LogP contribution in [0, 0.1) is 0 Å². The molecule has 1 aromatic heterocycles. The molecule has 0 fully saturated rings. The van der Waals surface area contributed by atoms with Gasteiger partial charge in [-0.2, -0.15) is 0 Å². The standard InChI is InChI=1S/C15H17N3O3S/c1-2-12-8-16-13(22-12)9-18-15(21)17-7-10-3-5-11(6-4-10)14(19)20/h3-6,8H,2,7,9H2,1H3,(H,19,20)(H2,17,18,21). The zero-order chi connectivity index (χ0) is 15.9. The van der Waals surface area contributed by atoms with E-state index in [1.807, 2.05) is 6.20 Å². The van der Waals surface area contributed by atoms with E-state index in [1.165, 1.54) is 17.0 Å². The first-order chi connectivity index (χ1) is 10.6. The van der Waals surface area contributed by atoms with E-state index in [2.05, 4.69) is 22.5 Å². The Balaban J connectivity index is 1.76. The predicted molar refractivity (Wildman–Crippen MR) is 84.0 cm³/mol. The fourth-order valence-corrected chi connectivity index (χ4v) is 2.56. The number of benzene rings is 1. The highest BCUT2D eigenvalue weighted by molar-refractivity contribution is 7.11. The van der Waals surface area contributed by atoms with Crippen LogP contribution in [-0.2, 0) is 19.5 Å². The van der Waals surface area contributed by atoms with Crippen LogP contribution in [0.2, 0.25) is 0 Å². The minimum absolute atomic E-state index is 0.226. The number of thiazole rings is 1. The van der Waals surface area contributed by atoms with Crippen molar-refractivity contribution in [2.45, 2.75) is 26.4 Å². The van der Waals surface area contributed by atoms with Crippen molar-refractivity contribution in [3.05, 3.63) is 51.5 Å². The smallest absolute Gasteiger partial charge is 0.335 e. The van der Waals surface area contributed by atoms with Gasteiger partial charge in [0.1, 0.15) is 5.01 Å². The number of amides is 2. The molecule has 0 unspecified atom stereocenters. The summed E-state index contributed by atoms with van der Waals surface area (Å²) >= 11 is 1.58. The van der Waals surface area contributed by atoms with Crippen LogP contribution in [0.5, 0.6) is 0 Å². The largest absolute Gasteiger partial charge is 0.478 e. The molecule has 2 aromatic rings. The van der Waals surface area contributed by atoms with Crippen molar-refractivity contribution in [1.29, 1.82) is 0 Å². The number of nitrogens with one attached hydrogen (secondary N) is 2. The van der Waals surface area contributed by atoms with Crippen LogP contribution in [0.25, 0.3) is 0 Å². The summed E-state index contributed by atoms with van der Waals surface area (Å²) in [6, 6.07) is 6.10. The number of nitrogens with zero attached hydrogens (tertiary/aromatic N) is 1. The van der Waals surface area contributed by atoms with Gasteiger partial charge in [-0.25, -0.2) is 14.6 Å². The molecule has 0 bridgehead atoms. The number of aryl methyl sites for hydroxylation is 1. The summed E-state index contributed by atoms with van der Waals surface area (Å²) in [4.78, 5) is 27.9. The fourth-order valence-electron chi connectivity index (χ4n) is 1.76. The lowest BCUT2D eigenvalue weighted by atomic mass is 10.1. The van der Waals surface area contributed by atoms with Crippen LogP contribution in [0.15, 0.2) is 30.5 Å². The predicted octanol–water partition coefficient (Wildman–Crippen LogP) is 2.40. The van der Waals surface area contributed by atoms with Gasteiger partial charge in [-0.15, -0.1) is 11.3 Å². The topological polar surface area (TPSA) is 91.3 Å². The molecule has 0 radical (unpaired) electrons. The first-order valence-electron chi connectivity index (χ1n) is 6.86. The summed E-state index contributed by atoms with van der Waals surface area (Å²) < 4.78 is 0. The van der Waals surface area contributed by atoms with Gasteiger partial charge in [0.2, 0.25) is 0 Å². The molecule has 0 atom stereocenters. The first-order valence-corrected chi connectivity index (χ1v) is 7.67. The molecule has 7 heteroatoms. The number of urea groups is 1. The summed E-state index contributed by atoms with van der Waals surface area (Å²) in [6.07, 6.45) is 2.76. The zero-order valence-electron chi connectivity index (χ0n) is 12.1. The molecule has 116 valence electrons. The highest BCUT2D eigenvalue weighted by atomic mass is 32.1. The van der Waals surface area contributed by atoms with Crippen LogP contribution < -0.4 is 10.6 Å². The van der Waals surface area contributed by atoms with Gasteiger partial charge in [0.05, 0.1) is 12.1 Å². The zero-order valence-corrected chi connectivity index (χ0v) is 12.9. The van der Waals surface area contributed by atoms with E-state index in [-0.39, 0.29) is 11.6 Å². The molecule has 0 spiro atoms. The molecule has 22 heavy (non-hydrogen) atoms. The summed E-state index contributed by atoms with van der Waals surface area (Å²) in [7, 11) is 0. The molecule has 6 nitrogen and oxygen atoms in total. The van der Waals surface area contributed by atoms with Crippen molar-refractivity contribution < 1.29 is 14.7 Å². The molecule has 2 amide bonds. The van der Waals surface area contributed by atoms with Crippen molar-refractivity contribution in [2.24, 2.45) is 0 Å². The second-order valence-corrected chi connectivity index (χ2v) is 5.81. The van der Waals surface area contributed by atoms with E-state index in [9.17, 15) is 9.59 Å². The van der Waals surface area contributed by atoms with E-state index < -0.39 is 5.97 Å². The van der Waals surface area contributed by atoms with Crippen LogP contribution in [0.1, 0.15) is 32.7 Å². The SMILES string of the molecule is CCc1cnc(CNC(=O)NCc2ccc(C(=O)O)cc2)s1. The summed E-state index contributed by atoms with van der Waals surface area (Å²) in [6.45, 7) is 2.80. The van der Waals surface area contributed by atoms with E-state index in [4.69, 9.17) is 5.11 Å². The van der Waals surface area contributed by atoms with Crippen molar-refractivity contribution in [1.82, 2.24) is 15.6 Å². The molecular weight excluding hydrogens is 302 g/mol. The Morgan fingerprint density at radius 3 is 2.45 bits per heavy atom. The Morgan fingerprint density at radius 1 is 1.18 bits per heavy atom. The maximum absolute atomic E-state index is 11.7. The van der Waals surface area contributed by atoms with Crippen molar-refractivity contribution in [3.8, 4) is 0 Å². The van der Waals surface area contributed by atoms with Gasteiger partial charge in [-0.1, -0.05) is 19.1 Å². The molecule has 3 N–H and O–H groups in total. The van der Waals surface area contributed by atoms with E-state index in [0.29, 0.717) is 13.1 Å². The third kappa shape index (κ3) is 4.56. The number of aromatic carboxylic acids is 1. The minimum atomic E-state index is -0.966. The first kappa shape index (κ1) is 16.0. The monoisotopic (exact) mass is 319 g/mol. The maximum atomic E-state index is 11.7. The van der Waals surface area contributed by atoms with Gasteiger partial charge in [-0.3, -0.25) is 0 Å². The fraction of sp³-hybridized carbons (Fsp3) is 0.267.